The van der Waals surface area contributed by atoms with Gasteiger partial charge >= 0.3 is 0 Å². The number of nitrogens with two attached hydrogens (primary N) is 1. The number of halogens is 1. The molecule has 1 unspecified atom stereocenters. The fourth-order valence-corrected chi connectivity index (χ4v) is 3.98. The van der Waals surface area contributed by atoms with E-state index in [4.69, 9.17) is 5.73 Å². The molecule has 0 radical (unpaired) electrons. The van der Waals surface area contributed by atoms with E-state index in [2.05, 4.69) is 22.5 Å². The molecule has 176 valence electrons. The maximum atomic E-state index is 12.9. The lowest BCUT2D eigenvalue weighted by Crippen LogP contribution is -2.52. The average molecular weight is 481 g/mol. The molecule has 0 aromatic heterocycles. The predicted octanol–water partition coefficient (Wildman–Crippen LogP) is 2.01. The third-order valence-electron chi connectivity index (χ3n) is 5.74. The van der Waals surface area contributed by atoms with Crippen LogP contribution in [0.15, 0.2) is 42.5 Å². The number of fused-ring (bicyclic) bond motifs is 1. The number of nitrogens with one attached hydrogen (secondary N) is 2. The van der Waals surface area contributed by atoms with Crippen LogP contribution in [0.25, 0.3) is 0 Å². The van der Waals surface area contributed by atoms with E-state index in [1.165, 1.54) is 4.90 Å². The van der Waals surface area contributed by atoms with E-state index >= 15 is 0 Å². The topological polar surface area (TPSA) is 122 Å². The second-order valence-electron chi connectivity index (χ2n) is 8.01. The Balaban J connectivity index is 0.00000324. The summed E-state index contributed by atoms with van der Waals surface area (Å²) in [5.41, 5.74) is 8.89. The van der Waals surface area contributed by atoms with Gasteiger partial charge in [0.2, 0.25) is 11.8 Å². The number of carbonyl (C=O) groups excluding carboxylic acids is 4. The zero-order chi connectivity index (χ0) is 23.4. The number of amides is 4. The predicted molar refractivity (Wildman–Crippen MR) is 129 cm³/mol. The number of imide groups is 1. The minimum absolute atomic E-state index is 0. The molecule has 0 saturated carbocycles. The van der Waals surface area contributed by atoms with Crippen LogP contribution in [0.4, 0.5) is 5.69 Å². The van der Waals surface area contributed by atoms with Crippen LogP contribution in [0.3, 0.4) is 0 Å². The molecule has 4 amide bonds. The van der Waals surface area contributed by atoms with Gasteiger partial charge in [0.15, 0.2) is 0 Å². The molecule has 4 N–H and O–H groups in total. The Hall–Kier alpha value is -3.83. The lowest BCUT2D eigenvalue weighted by molar-refractivity contribution is -0.136. The van der Waals surface area contributed by atoms with Gasteiger partial charge in [-0.1, -0.05) is 17.9 Å². The molecular formula is C25H25ClN4O4. The number of hydrogen-bond acceptors (Lipinski definition) is 5. The molecule has 2 aromatic carbocycles. The van der Waals surface area contributed by atoms with Crippen LogP contribution in [0.1, 0.15) is 57.5 Å². The van der Waals surface area contributed by atoms with E-state index in [0.717, 1.165) is 11.1 Å². The molecule has 34 heavy (non-hydrogen) atoms. The summed E-state index contributed by atoms with van der Waals surface area (Å²) in [4.78, 5) is 50.1. The van der Waals surface area contributed by atoms with Crippen molar-refractivity contribution in [1.29, 1.82) is 0 Å². The van der Waals surface area contributed by atoms with Crippen molar-refractivity contribution in [1.82, 2.24) is 15.5 Å². The Morgan fingerprint density at radius 3 is 2.65 bits per heavy atom. The van der Waals surface area contributed by atoms with Gasteiger partial charge in [0.25, 0.3) is 11.8 Å². The Labute approximate surface area is 203 Å². The second-order valence-corrected chi connectivity index (χ2v) is 8.01. The van der Waals surface area contributed by atoms with Crippen molar-refractivity contribution in [2.24, 2.45) is 0 Å². The Bertz CT molecular complexity index is 1180. The number of unbranched alkanes of at least 4 members (excludes halogenated alkanes) is 1. The first kappa shape index (κ1) is 24.8. The van der Waals surface area contributed by atoms with Crippen LogP contribution in [0, 0.1) is 11.8 Å². The van der Waals surface area contributed by atoms with Gasteiger partial charge < -0.3 is 16.0 Å². The minimum atomic E-state index is -0.645. The molecular weight excluding hydrogens is 456 g/mol. The standard InChI is InChI=1S/C25H24N4O4.ClH/c26-18-10-8-17(9-11-18)23(31)27-14-3-1-2-5-16-6-4-7-19-20(16)15-29(25(19)33)21-12-13-22(30)28-24(21)32;/h4,6-11,21H,1,3,12-15,26H2,(H,27,31)(H,28,30,32);1H. The molecule has 1 saturated heterocycles. The molecule has 1 fully saturated rings. The van der Waals surface area contributed by atoms with Gasteiger partial charge in [-0.15, -0.1) is 12.4 Å². The highest BCUT2D eigenvalue weighted by atomic mass is 35.5. The number of rotatable bonds is 5. The van der Waals surface area contributed by atoms with Gasteiger partial charge in [0, 0.05) is 48.3 Å². The zero-order valence-electron chi connectivity index (χ0n) is 18.4. The van der Waals surface area contributed by atoms with Gasteiger partial charge in [0.05, 0.1) is 0 Å². The first-order chi connectivity index (χ1) is 15.9. The largest absolute Gasteiger partial charge is 0.399 e. The van der Waals surface area contributed by atoms with Crippen LogP contribution in [-0.2, 0) is 16.1 Å². The van der Waals surface area contributed by atoms with Crippen molar-refractivity contribution in [2.45, 2.75) is 38.3 Å². The minimum Gasteiger partial charge on any atom is -0.399 e. The van der Waals surface area contributed by atoms with Gasteiger partial charge in [-0.25, -0.2) is 0 Å². The Morgan fingerprint density at radius 2 is 1.91 bits per heavy atom. The van der Waals surface area contributed by atoms with E-state index in [0.29, 0.717) is 49.2 Å². The molecule has 0 aliphatic carbocycles. The van der Waals surface area contributed by atoms with E-state index in [1.54, 1.807) is 36.4 Å². The highest BCUT2D eigenvalue weighted by Crippen LogP contribution is 2.29. The molecule has 1 atom stereocenters. The van der Waals surface area contributed by atoms with Crippen LogP contribution >= 0.6 is 12.4 Å². The highest BCUT2D eigenvalue weighted by Gasteiger charge is 2.39. The fraction of sp³-hybridized carbons (Fsp3) is 0.280. The van der Waals surface area contributed by atoms with Gasteiger partial charge in [-0.2, -0.15) is 0 Å². The summed E-state index contributed by atoms with van der Waals surface area (Å²) >= 11 is 0. The smallest absolute Gasteiger partial charge is 0.255 e. The van der Waals surface area contributed by atoms with Crippen molar-refractivity contribution in [3.63, 3.8) is 0 Å². The highest BCUT2D eigenvalue weighted by molar-refractivity contribution is 6.05. The van der Waals surface area contributed by atoms with Crippen LogP contribution in [0.5, 0.6) is 0 Å². The van der Waals surface area contributed by atoms with Crippen molar-refractivity contribution < 1.29 is 19.2 Å². The zero-order valence-corrected chi connectivity index (χ0v) is 19.2. The summed E-state index contributed by atoms with van der Waals surface area (Å²) in [6.07, 6.45) is 1.81. The molecule has 2 aliphatic rings. The SMILES string of the molecule is Cl.Nc1ccc(C(=O)NCCCC#Cc2cccc3c2CN(C2CCC(=O)NC2=O)C3=O)cc1. The summed E-state index contributed by atoms with van der Waals surface area (Å²) < 4.78 is 0. The molecule has 4 rings (SSSR count). The Kier molecular flexibility index (Phi) is 7.92. The molecule has 9 heteroatoms. The number of anilines is 1. The molecule has 0 bridgehead atoms. The number of nitrogens with zero attached hydrogens (tertiary/aromatic N) is 1. The average Bonchev–Trinajstić information content (AvgIpc) is 3.13. The third kappa shape index (κ3) is 5.38. The molecule has 2 heterocycles. The monoisotopic (exact) mass is 480 g/mol. The maximum Gasteiger partial charge on any atom is 0.255 e. The maximum absolute atomic E-state index is 12.9. The second kappa shape index (κ2) is 10.9. The van der Waals surface area contributed by atoms with Crippen molar-refractivity contribution >= 4 is 41.7 Å². The van der Waals surface area contributed by atoms with Gasteiger partial charge in [-0.05, 0) is 54.8 Å². The number of hydrogen-bond donors (Lipinski definition) is 3. The summed E-state index contributed by atoms with van der Waals surface area (Å²) in [5.74, 6) is 5.12. The first-order valence-corrected chi connectivity index (χ1v) is 10.8. The van der Waals surface area contributed by atoms with Crippen molar-refractivity contribution in [3.05, 3.63) is 64.7 Å². The molecule has 8 nitrogen and oxygen atoms in total. The van der Waals surface area contributed by atoms with E-state index < -0.39 is 11.9 Å². The third-order valence-corrected chi connectivity index (χ3v) is 5.74. The van der Waals surface area contributed by atoms with Gasteiger partial charge in [-0.3, -0.25) is 24.5 Å². The summed E-state index contributed by atoms with van der Waals surface area (Å²) in [6, 6.07) is 11.5. The first-order valence-electron chi connectivity index (χ1n) is 10.8. The van der Waals surface area contributed by atoms with E-state index in [9.17, 15) is 19.2 Å². The van der Waals surface area contributed by atoms with Crippen molar-refractivity contribution in [3.8, 4) is 11.8 Å². The lowest BCUT2D eigenvalue weighted by atomic mass is 10.0. The number of piperidine rings is 1. The molecule has 0 spiro atoms. The summed E-state index contributed by atoms with van der Waals surface area (Å²) in [5, 5.41) is 5.16. The van der Waals surface area contributed by atoms with Crippen LogP contribution in [-0.4, -0.2) is 41.1 Å². The number of nitrogen functional groups attached to an aromatic ring is 1. The fourth-order valence-electron chi connectivity index (χ4n) is 3.98. The lowest BCUT2D eigenvalue weighted by Gasteiger charge is -2.29. The molecule has 2 aliphatic heterocycles. The van der Waals surface area contributed by atoms with Crippen LogP contribution < -0.4 is 16.4 Å². The Morgan fingerprint density at radius 1 is 1.15 bits per heavy atom. The summed E-state index contributed by atoms with van der Waals surface area (Å²) in [6.45, 7) is 0.787. The quantitative estimate of drug-likeness (QED) is 0.261. The van der Waals surface area contributed by atoms with Crippen LogP contribution in [0.2, 0.25) is 0 Å². The van der Waals surface area contributed by atoms with E-state index in [1.807, 2.05) is 6.07 Å². The van der Waals surface area contributed by atoms with E-state index in [-0.39, 0.29) is 36.5 Å². The molecule has 2 aromatic rings. The number of benzene rings is 2. The van der Waals surface area contributed by atoms with Crippen molar-refractivity contribution in [2.75, 3.05) is 12.3 Å². The normalized spacial score (nSPS) is 16.6. The number of carbonyl (C=O) groups is 4. The van der Waals surface area contributed by atoms with Gasteiger partial charge in [0.1, 0.15) is 6.04 Å². The summed E-state index contributed by atoms with van der Waals surface area (Å²) in [7, 11) is 0.